The van der Waals surface area contributed by atoms with Crippen molar-refractivity contribution in [3.05, 3.63) is 92.7 Å². The van der Waals surface area contributed by atoms with Crippen LogP contribution in [0.3, 0.4) is 0 Å². The molecule has 1 amide bonds. The molecule has 0 aliphatic rings. The third-order valence-corrected chi connectivity index (χ3v) is 6.18. The Morgan fingerprint density at radius 2 is 1.94 bits per heavy atom. The Morgan fingerprint density at radius 3 is 2.73 bits per heavy atom. The summed E-state index contributed by atoms with van der Waals surface area (Å²) >= 11 is 4.47. The number of para-hydroxylation sites is 1. The number of carbonyl (C=O) groups excluding carboxylic acids is 1. The molecule has 0 unspecified atom stereocenters. The van der Waals surface area contributed by atoms with E-state index in [1.165, 1.54) is 16.8 Å². The van der Waals surface area contributed by atoms with Crippen LogP contribution >= 0.6 is 27.7 Å². The molecule has 0 atom stereocenters. The molecule has 0 saturated carbocycles. The molecule has 0 radical (unpaired) electrons. The fourth-order valence-corrected chi connectivity index (χ4v) is 4.28. The predicted molar refractivity (Wildman–Crippen MR) is 134 cm³/mol. The number of rotatable bonds is 6. The summed E-state index contributed by atoms with van der Waals surface area (Å²) < 4.78 is 2.29. The molecule has 0 saturated heterocycles. The molecule has 7 nitrogen and oxygen atoms in total. The Kier molecular flexibility index (Phi) is 6.90. The van der Waals surface area contributed by atoms with E-state index in [-0.39, 0.29) is 23.0 Å². The van der Waals surface area contributed by atoms with E-state index in [9.17, 15) is 14.7 Å². The van der Waals surface area contributed by atoms with Gasteiger partial charge in [-0.1, -0.05) is 57.5 Å². The molecule has 3 aromatic carbocycles. The zero-order valence-electron chi connectivity index (χ0n) is 17.5. The highest BCUT2D eigenvalue weighted by Crippen LogP contribution is 2.22. The number of phenolic OH excluding ortho intramolecular Hbond substituents is 1. The number of hydrogen-bond acceptors (Lipinski definition) is 6. The first kappa shape index (κ1) is 22.8. The maximum atomic E-state index is 13.2. The lowest BCUT2D eigenvalue weighted by molar-refractivity contribution is -0.118. The Labute approximate surface area is 202 Å². The number of aromatic hydroxyl groups is 1. The summed E-state index contributed by atoms with van der Waals surface area (Å²) in [6, 6.07) is 19.6. The van der Waals surface area contributed by atoms with E-state index in [4.69, 9.17) is 0 Å². The average Bonchev–Trinajstić information content (AvgIpc) is 2.81. The van der Waals surface area contributed by atoms with E-state index in [1.54, 1.807) is 30.3 Å². The fourth-order valence-electron chi connectivity index (χ4n) is 3.10. The van der Waals surface area contributed by atoms with Crippen LogP contribution in [-0.2, 0) is 4.79 Å². The molecule has 166 valence electrons. The monoisotopic (exact) mass is 522 g/mol. The van der Waals surface area contributed by atoms with Gasteiger partial charge in [0.15, 0.2) is 5.16 Å². The van der Waals surface area contributed by atoms with Gasteiger partial charge in [-0.25, -0.2) is 10.4 Å². The summed E-state index contributed by atoms with van der Waals surface area (Å²) in [7, 11) is 0. The number of benzene rings is 3. The quantitative estimate of drug-likeness (QED) is 0.169. The van der Waals surface area contributed by atoms with Crippen molar-refractivity contribution in [3.63, 3.8) is 0 Å². The van der Waals surface area contributed by atoms with Crippen LogP contribution in [0.2, 0.25) is 0 Å². The van der Waals surface area contributed by atoms with Gasteiger partial charge in [-0.15, -0.1) is 0 Å². The second-order valence-corrected chi connectivity index (χ2v) is 9.03. The highest BCUT2D eigenvalue weighted by Gasteiger charge is 2.14. The maximum Gasteiger partial charge on any atom is 0.266 e. The maximum absolute atomic E-state index is 13.2. The summed E-state index contributed by atoms with van der Waals surface area (Å²) in [5.41, 5.74) is 5.01. The number of amides is 1. The van der Waals surface area contributed by atoms with E-state index in [2.05, 4.69) is 31.4 Å². The molecule has 9 heteroatoms. The van der Waals surface area contributed by atoms with Gasteiger partial charge in [0.2, 0.25) is 0 Å². The smallest absolute Gasteiger partial charge is 0.266 e. The Bertz CT molecular complexity index is 1420. The van der Waals surface area contributed by atoms with Gasteiger partial charge in [0.05, 0.1) is 28.6 Å². The van der Waals surface area contributed by atoms with Gasteiger partial charge in [0.1, 0.15) is 5.75 Å². The minimum atomic E-state index is -0.372. The van der Waals surface area contributed by atoms with Crippen molar-refractivity contribution in [2.75, 3.05) is 5.75 Å². The summed E-state index contributed by atoms with van der Waals surface area (Å²) in [6.07, 6.45) is 1.36. The van der Waals surface area contributed by atoms with Crippen LogP contribution in [0.4, 0.5) is 0 Å². The average molecular weight is 523 g/mol. The Hall–Kier alpha value is -3.43. The first-order chi connectivity index (χ1) is 15.9. The van der Waals surface area contributed by atoms with Crippen molar-refractivity contribution in [3.8, 4) is 11.4 Å². The number of thioether (sulfide) groups is 1. The summed E-state index contributed by atoms with van der Waals surface area (Å²) in [5, 5.41) is 14.7. The number of nitrogens with one attached hydrogen (secondary N) is 1. The van der Waals surface area contributed by atoms with E-state index < -0.39 is 0 Å². The number of phenols is 1. The lowest BCUT2D eigenvalue weighted by Gasteiger charge is -2.13. The minimum Gasteiger partial charge on any atom is -0.507 e. The van der Waals surface area contributed by atoms with Crippen LogP contribution in [0.25, 0.3) is 16.6 Å². The number of hydrazone groups is 1. The molecule has 2 N–H and O–H groups in total. The predicted octanol–water partition coefficient (Wildman–Crippen LogP) is 4.40. The minimum absolute atomic E-state index is 0.00154. The normalized spacial score (nSPS) is 11.2. The third-order valence-electron chi connectivity index (χ3n) is 4.75. The van der Waals surface area contributed by atoms with Gasteiger partial charge < -0.3 is 5.11 Å². The molecular formula is C24H19BrN4O3S. The van der Waals surface area contributed by atoms with Gasteiger partial charge in [-0.3, -0.25) is 14.2 Å². The Morgan fingerprint density at radius 1 is 1.18 bits per heavy atom. The number of carbonyl (C=O) groups is 1. The standard InChI is InChI=1S/C24H19BrN4O3S/c1-15-6-9-18(10-7-15)29-23(32)19-4-2-3-5-20(19)27-24(29)33-14-22(31)28-26-13-16-12-17(25)8-11-21(16)30/h2-13,30H,14H2,1H3,(H,28,31)/b26-13-. The van der Waals surface area contributed by atoms with Crippen molar-refractivity contribution >= 4 is 50.7 Å². The molecule has 1 heterocycles. The number of aromatic nitrogens is 2. The van der Waals surface area contributed by atoms with Crippen molar-refractivity contribution in [1.82, 2.24) is 15.0 Å². The summed E-state index contributed by atoms with van der Waals surface area (Å²) in [5.74, 6) is -0.324. The Balaban J connectivity index is 1.56. The van der Waals surface area contributed by atoms with Crippen molar-refractivity contribution in [1.29, 1.82) is 0 Å². The molecular weight excluding hydrogens is 504 g/mol. The van der Waals surface area contributed by atoms with Crippen molar-refractivity contribution in [2.45, 2.75) is 12.1 Å². The molecule has 0 fully saturated rings. The summed E-state index contributed by atoms with van der Waals surface area (Å²) in [4.78, 5) is 30.2. The molecule has 4 aromatic rings. The van der Waals surface area contributed by atoms with E-state index >= 15 is 0 Å². The summed E-state index contributed by atoms with van der Waals surface area (Å²) in [6.45, 7) is 1.97. The van der Waals surface area contributed by atoms with Crippen LogP contribution in [0.15, 0.2) is 86.3 Å². The molecule has 0 aliphatic carbocycles. The second-order valence-electron chi connectivity index (χ2n) is 7.17. The number of fused-ring (bicyclic) bond motifs is 1. The van der Waals surface area contributed by atoms with Gasteiger partial charge in [0, 0.05) is 10.0 Å². The van der Waals surface area contributed by atoms with Crippen molar-refractivity contribution in [2.24, 2.45) is 5.10 Å². The molecule has 0 spiro atoms. The lowest BCUT2D eigenvalue weighted by Crippen LogP contribution is -2.24. The van der Waals surface area contributed by atoms with Crippen LogP contribution in [0, 0.1) is 6.92 Å². The lowest BCUT2D eigenvalue weighted by atomic mass is 10.2. The number of halogens is 1. The SMILES string of the molecule is Cc1ccc(-n2c(SCC(=O)N/N=C\c3cc(Br)ccc3O)nc3ccccc3c2=O)cc1. The molecule has 1 aromatic heterocycles. The van der Waals surface area contributed by atoms with Gasteiger partial charge in [-0.2, -0.15) is 5.10 Å². The molecule has 0 aliphatic heterocycles. The van der Waals surface area contributed by atoms with Crippen LogP contribution in [0.1, 0.15) is 11.1 Å². The van der Waals surface area contributed by atoms with E-state index in [0.717, 1.165) is 21.8 Å². The van der Waals surface area contributed by atoms with Gasteiger partial charge in [0.25, 0.3) is 11.5 Å². The third kappa shape index (κ3) is 5.32. The van der Waals surface area contributed by atoms with Crippen LogP contribution < -0.4 is 11.0 Å². The highest BCUT2D eigenvalue weighted by atomic mass is 79.9. The van der Waals surface area contributed by atoms with Gasteiger partial charge >= 0.3 is 0 Å². The fraction of sp³-hybridized carbons (Fsp3) is 0.0833. The van der Waals surface area contributed by atoms with E-state index in [0.29, 0.717) is 27.3 Å². The zero-order chi connectivity index (χ0) is 23.4. The molecule has 4 rings (SSSR count). The largest absolute Gasteiger partial charge is 0.507 e. The zero-order valence-corrected chi connectivity index (χ0v) is 19.9. The first-order valence-electron chi connectivity index (χ1n) is 9.94. The van der Waals surface area contributed by atoms with Crippen molar-refractivity contribution < 1.29 is 9.90 Å². The topological polar surface area (TPSA) is 96.6 Å². The number of nitrogens with zero attached hydrogens (tertiary/aromatic N) is 3. The van der Waals surface area contributed by atoms with Gasteiger partial charge in [-0.05, 0) is 49.4 Å². The van der Waals surface area contributed by atoms with E-state index in [1.807, 2.05) is 37.3 Å². The van der Waals surface area contributed by atoms with Crippen LogP contribution in [-0.4, -0.2) is 32.5 Å². The number of hydrogen-bond donors (Lipinski definition) is 2. The first-order valence-corrected chi connectivity index (χ1v) is 11.7. The van der Waals surface area contributed by atoms with Crippen LogP contribution in [0.5, 0.6) is 5.75 Å². The second kappa shape index (κ2) is 10.0. The number of aryl methyl sites for hydroxylation is 1. The highest BCUT2D eigenvalue weighted by molar-refractivity contribution is 9.10. The molecule has 0 bridgehead atoms. The molecule has 33 heavy (non-hydrogen) atoms.